The summed E-state index contributed by atoms with van der Waals surface area (Å²) in [6, 6.07) is 6.32. The van der Waals surface area contributed by atoms with E-state index in [-0.39, 0.29) is 18.4 Å². The monoisotopic (exact) mass is 529 g/mol. The van der Waals surface area contributed by atoms with Crippen molar-refractivity contribution in [2.45, 2.75) is 37.8 Å². The zero-order valence-electron chi connectivity index (χ0n) is 18.4. The van der Waals surface area contributed by atoms with E-state index in [0.717, 1.165) is 0 Å². The largest absolute Gasteiger partial charge is 0.448 e. The van der Waals surface area contributed by atoms with E-state index in [0.29, 0.717) is 33.4 Å². The van der Waals surface area contributed by atoms with Crippen molar-refractivity contribution in [2.24, 2.45) is 4.36 Å². The highest BCUT2D eigenvalue weighted by atomic mass is 79.9. The van der Waals surface area contributed by atoms with Crippen molar-refractivity contribution in [1.29, 1.82) is 0 Å². The lowest BCUT2D eigenvalue weighted by atomic mass is 10.2. The summed E-state index contributed by atoms with van der Waals surface area (Å²) in [7, 11) is -1.36. The zero-order chi connectivity index (χ0) is 23.7. The first-order valence-electron chi connectivity index (χ1n) is 9.97. The molecule has 3 N–H and O–H groups in total. The summed E-state index contributed by atoms with van der Waals surface area (Å²) in [4.78, 5) is 20.8. The summed E-state index contributed by atoms with van der Waals surface area (Å²) in [5, 5.41) is 16.1. The van der Waals surface area contributed by atoms with Gasteiger partial charge in [0.25, 0.3) is 0 Å². The highest BCUT2D eigenvalue weighted by Gasteiger charge is 2.18. The molecule has 1 aromatic carbocycles. The fraction of sp³-hybridized carbons (Fsp3) is 0.450. The van der Waals surface area contributed by atoms with Gasteiger partial charge in [-0.25, -0.2) is 14.0 Å². The molecular weight excluding hydrogens is 502 g/mol. The number of hydrogen-bond acceptors (Lipinski definition) is 9. The van der Waals surface area contributed by atoms with Crippen LogP contribution in [0.15, 0.2) is 44.2 Å². The Morgan fingerprint density at radius 2 is 2.00 bits per heavy atom. The van der Waals surface area contributed by atoms with Crippen molar-refractivity contribution in [2.75, 3.05) is 36.7 Å². The van der Waals surface area contributed by atoms with Gasteiger partial charge >= 0.3 is 6.09 Å². The van der Waals surface area contributed by atoms with Gasteiger partial charge in [-0.05, 0) is 54.0 Å². The van der Waals surface area contributed by atoms with Gasteiger partial charge in [-0.3, -0.25) is 0 Å². The van der Waals surface area contributed by atoms with E-state index in [1.165, 1.54) is 0 Å². The van der Waals surface area contributed by atoms with Crippen LogP contribution in [-0.2, 0) is 19.2 Å². The number of methoxy groups -OCH3 is 1. The third kappa shape index (κ3) is 7.12. The van der Waals surface area contributed by atoms with Crippen LogP contribution in [0.2, 0.25) is 0 Å². The van der Waals surface area contributed by atoms with E-state index in [4.69, 9.17) is 9.47 Å². The van der Waals surface area contributed by atoms with Crippen LogP contribution in [0.25, 0.3) is 0 Å². The Balaban J connectivity index is 2.22. The Hall–Kier alpha value is -2.28. The van der Waals surface area contributed by atoms with Crippen LogP contribution >= 0.6 is 15.9 Å². The van der Waals surface area contributed by atoms with Crippen LogP contribution < -0.4 is 10.6 Å². The normalized spacial score (nSPS) is 14.7. The van der Waals surface area contributed by atoms with Crippen LogP contribution in [-0.4, -0.2) is 63.6 Å². The Bertz CT molecular complexity index is 1030. The number of aromatic nitrogens is 2. The third-order valence-corrected chi connectivity index (χ3v) is 7.17. The number of halogens is 1. The van der Waals surface area contributed by atoms with Crippen LogP contribution in [0.4, 0.5) is 22.2 Å². The minimum Gasteiger partial charge on any atom is -0.448 e. The number of hydrogen-bond donors (Lipinski definition) is 3. The molecule has 2 aromatic rings. The smallest absolute Gasteiger partial charge is 0.442 e. The number of nitrogens with zero attached hydrogens (tertiary/aromatic N) is 3. The molecule has 0 saturated carbocycles. The summed E-state index contributed by atoms with van der Waals surface area (Å²) in [6.45, 7) is 5.49. The van der Waals surface area contributed by atoms with Gasteiger partial charge in [0, 0.05) is 29.6 Å². The van der Waals surface area contributed by atoms with Crippen LogP contribution in [0.5, 0.6) is 0 Å². The number of amides is 1. The maximum absolute atomic E-state index is 13.0. The molecule has 3 atom stereocenters. The molecule has 0 aliphatic heterocycles. The predicted molar refractivity (Wildman–Crippen MR) is 127 cm³/mol. The predicted octanol–water partition coefficient (Wildman–Crippen LogP) is 3.79. The van der Waals surface area contributed by atoms with Crippen LogP contribution in [0.3, 0.4) is 0 Å². The SMILES string of the molecule is CCOC(=O)N=S(=O)(CC)c1ccc(Nc2ncc(Br)c(N[C@H](COC)[C@@H](C)O)n2)cc1. The third-order valence-electron chi connectivity index (χ3n) is 4.35. The molecule has 0 fully saturated rings. The number of nitrogens with one attached hydrogen (secondary N) is 2. The fourth-order valence-corrected chi connectivity index (χ4v) is 4.35. The minimum absolute atomic E-state index is 0.165. The van der Waals surface area contributed by atoms with Crippen molar-refractivity contribution in [3.8, 4) is 0 Å². The molecule has 0 spiro atoms. The number of ether oxygens (including phenoxy) is 2. The molecule has 0 bridgehead atoms. The maximum Gasteiger partial charge on any atom is 0.442 e. The highest BCUT2D eigenvalue weighted by Crippen LogP contribution is 2.24. The molecule has 0 aliphatic rings. The van der Waals surface area contributed by atoms with Crippen LogP contribution in [0, 0.1) is 0 Å². The number of aliphatic hydroxyl groups is 1. The molecule has 2 rings (SSSR count). The summed E-state index contributed by atoms with van der Waals surface area (Å²) < 4.78 is 27.4. The number of anilines is 3. The number of rotatable bonds is 10. The first-order chi connectivity index (χ1) is 15.2. The topological polar surface area (TPSA) is 135 Å². The van der Waals surface area contributed by atoms with Crippen LogP contribution in [0.1, 0.15) is 20.8 Å². The van der Waals surface area contributed by atoms with Gasteiger partial charge in [0.2, 0.25) is 5.95 Å². The second kappa shape index (κ2) is 12.1. The summed E-state index contributed by atoms with van der Waals surface area (Å²) in [5.41, 5.74) is 0.653. The molecule has 0 radical (unpaired) electrons. The second-order valence-electron chi connectivity index (χ2n) is 6.71. The van der Waals surface area contributed by atoms with Crippen molar-refractivity contribution in [1.82, 2.24) is 9.97 Å². The molecule has 176 valence electrons. The summed E-state index contributed by atoms with van der Waals surface area (Å²) in [5.74, 6) is 0.983. The van der Waals surface area contributed by atoms with Crippen molar-refractivity contribution >= 4 is 49.2 Å². The van der Waals surface area contributed by atoms with Crippen molar-refractivity contribution < 1.29 is 23.6 Å². The van der Waals surface area contributed by atoms with Gasteiger partial charge in [0.1, 0.15) is 5.82 Å². The molecule has 32 heavy (non-hydrogen) atoms. The van der Waals surface area contributed by atoms with Gasteiger partial charge in [0.15, 0.2) is 0 Å². The second-order valence-corrected chi connectivity index (χ2v) is 10.1. The standard InChI is InChI=1S/C20H28BrN5O5S/c1-5-31-20(28)26-32(29,6-2)15-9-7-14(8-10-15)23-19-22-11-16(21)18(25-19)24-17(12-30-4)13(3)27/h7-11,13,17,27H,5-6,12H2,1-4H3,(H2,22,23,24,25)/t13-,17-,32?/m1/s1. The number of carbonyl (C=O) groups excluding carboxylic acids is 1. The molecular formula is C20H28BrN5O5S. The Labute approximate surface area is 196 Å². The average Bonchev–Trinajstić information content (AvgIpc) is 2.76. The highest BCUT2D eigenvalue weighted by molar-refractivity contribution is 9.10. The quantitative estimate of drug-likeness (QED) is 0.419. The van der Waals surface area contributed by atoms with E-state index in [1.54, 1.807) is 58.3 Å². The van der Waals surface area contributed by atoms with E-state index >= 15 is 0 Å². The summed E-state index contributed by atoms with van der Waals surface area (Å²) in [6.07, 6.45) is 0.0862. The first-order valence-corrected chi connectivity index (χ1v) is 12.4. The van der Waals surface area contributed by atoms with Gasteiger partial charge in [-0.1, -0.05) is 6.92 Å². The van der Waals surface area contributed by atoms with Crippen molar-refractivity contribution in [3.63, 3.8) is 0 Å². The van der Waals surface area contributed by atoms with Gasteiger partial charge in [-0.15, -0.1) is 4.36 Å². The lowest BCUT2D eigenvalue weighted by molar-refractivity contribution is 0.106. The van der Waals surface area contributed by atoms with Gasteiger partial charge in [-0.2, -0.15) is 4.98 Å². The number of benzene rings is 1. The van der Waals surface area contributed by atoms with E-state index in [2.05, 4.69) is 40.9 Å². The number of aliphatic hydroxyl groups excluding tert-OH is 1. The molecule has 10 nitrogen and oxygen atoms in total. The average molecular weight is 530 g/mol. The molecule has 1 unspecified atom stereocenters. The zero-order valence-corrected chi connectivity index (χ0v) is 20.8. The molecule has 0 aliphatic carbocycles. The summed E-state index contributed by atoms with van der Waals surface area (Å²) >= 11 is 3.40. The first kappa shape index (κ1) is 26.0. The van der Waals surface area contributed by atoms with Gasteiger partial charge < -0.3 is 25.2 Å². The van der Waals surface area contributed by atoms with E-state index in [9.17, 15) is 14.1 Å². The molecule has 1 heterocycles. The fourth-order valence-electron chi connectivity index (χ4n) is 2.62. The minimum atomic E-state index is -2.92. The molecule has 12 heteroatoms. The Morgan fingerprint density at radius 3 is 2.56 bits per heavy atom. The van der Waals surface area contributed by atoms with Crippen molar-refractivity contribution in [3.05, 3.63) is 34.9 Å². The molecule has 0 saturated heterocycles. The van der Waals surface area contributed by atoms with Gasteiger partial charge in [0.05, 0.1) is 39.6 Å². The lowest BCUT2D eigenvalue weighted by Crippen LogP contribution is -2.36. The lowest BCUT2D eigenvalue weighted by Gasteiger charge is -2.22. The Morgan fingerprint density at radius 1 is 1.31 bits per heavy atom. The Kier molecular flexibility index (Phi) is 9.82. The van der Waals surface area contributed by atoms with E-state index in [1.807, 2.05) is 0 Å². The number of carbonyl (C=O) groups is 1. The maximum atomic E-state index is 13.0. The molecule has 1 amide bonds. The molecule has 1 aromatic heterocycles. The van der Waals surface area contributed by atoms with E-state index < -0.39 is 21.9 Å².